The van der Waals surface area contributed by atoms with Crippen molar-refractivity contribution in [1.29, 1.82) is 0 Å². The number of thioether (sulfide) groups is 1. The third-order valence-electron chi connectivity index (χ3n) is 3.03. The first-order valence-electron chi connectivity index (χ1n) is 5.98. The summed E-state index contributed by atoms with van der Waals surface area (Å²) < 4.78 is 0. The second kappa shape index (κ2) is 5.87. The topological polar surface area (TPSA) is 50.2 Å². The summed E-state index contributed by atoms with van der Waals surface area (Å²) >= 11 is 3.26. The zero-order valence-electron chi connectivity index (χ0n) is 9.94. The van der Waals surface area contributed by atoms with Crippen molar-refractivity contribution in [2.75, 3.05) is 0 Å². The molecule has 0 saturated heterocycles. The average molecular weight is 271 g/mol. The molecule has 1 saturated carbocycles. The van der Waals surface area contributed by atoms with E-state index in [1.165, 1.54) is 43.4 Å². The third kappa shape index (κ3) is 3.45. The van der Waals surface area contributed by atoms with E-state index in [-0.39, 0.29) is 0 Å². The third-order valence-corrected chi connectivity index (χ3v) is 5.74. The van der Waals surface area contributed by atoms with E-state index in [9.17, 15) is 4.79 Å². The maximum absolute atomic E-state index is 10.9. The van der Waals surface area contributed by atoms with Gasteiger partial charge in [-0.05, 0) is 19.8 Å². The van der Waals surface area contributed by atoms with Crippen LogP contribution in [-0.4, -0.2) is 21.3 Å². The lowest BCUT2D eigenvalue weighted by molar-refractivity contribution is 0.0701. The van der Waals surface area contributed by atoms with Crippen molar-refractivity contribution in [3.8, 4) is 0 Å². The van der Waals surface area contributed by atoms with Crippen LogP contribution < -0.4 is 0 Å². The molecule has 5 heteroatoms. The van der Waals surface area contributed by atoms with Crippen LogP contribution in [0, 0.1) is 6.92 Å². The Balaban J connectivity index is 1.90. The number of nitrogens with zero attached hydrogens (tertiary/aromatic N) is 1. The number of rotatable bonds is 4. The summed E-state index contributed by atoms with van der Waals surface area (Å²) in [5, 5.41) is 10.7. The Hall–Kier alpha value is -0.550. The first-order chi connectivity index (χ1) is 8.16. The second-order valence-corrected chi connectivity index (χ2v) is 6.77. The predicted octanol–water partition coefficient (Wildman–Crippen LogP) is 3.72. The van der Waals surface area contributed by atoms with Gasteiger partial charge in [0, 0.05) is 11.0 Å². The van der Waals surface area contributed by atoms with Crippen LogP contribution in [0.1, 0.15) is 52.5 Å². The van der Waals surface area contributed by atoms with Gasteiger partial charge in [0.15, 0.2) is 0 Å². The Bertz CT molecular complexity index is 397. The number of hydrogen-bond donors (Lipinski definition) is 1. The van der Waals surface area contributed by atoms with Crippen molar-refractivity contribution in [1.82, 2.24) is 4.98 Å². The monoisotopic (exact) mass is 271 g/mol. The van der Waals surface area contributed by atoms with Gasteiger partial charge in [-0.15, -0.1) is 11.3 Å². The molecule has 1 heterocycles. The normalized spacial score (nSPS) is 17.2. The quantitative estimate of drug-likeness (QED) is 0.907. The Kier molecular flexibility index (Phi) is 4.45. The van der Waals surface area contributed by atoms with E-state index in [0.29, 0.717) is 10.6 Å². The van der Waals surface area contributed by atoms with Gasteiger partial charge in [0.2, 0.25) is 0 Å². The molecule has 0 radical (unpaired) electrons. The summed E-state index contributed by atoms with van der Waals surface area (Å²) in [4.78, 5) is 15.6. The Morgan fingerprint density at radius 3 is 2.76 bits per heavy atom. The number of thiazole rings is 1. The van der Waals surface area contributed by atoms with E-state index in [0.717, 1.165) is 16.0 Å². The molecule has 0 bridgehead atoms. The van der Waals surface area contributed by atoms with Gasteiger partial charge in [-0.2, -0.15) is 11.8 Å². The number of hydrogen-bond acceptors (Lipinski definition) is 4. The minimum Gasteiger partial charge on any atom is -0.477 e. The summed E-state index contributed by atoms with van der Waals surface area (Å²) in [5.74, 6) is 0.0117. The van der Waals surface area contributed by atoms with E-state index in [4.69, 9.17) is 5.11 Å². The predicted molar refractivity (Wildman–Crippen MR) is 72.0 cm³/mol. The van der Waals surface area contributed by atoms with Crippen LogP contribution in [0.4, 0.5) is 0 Å². The van der Waals surface area contributed by atoms with Gasteiger partial charge in [-0.1, -0.05) is 19.3 Å². The molecule has 1 aromatic heterocycles. The fourth-order valence-electron chi connectivity index (χ4n) is 2.13. The Morgan fingerprint density at radius 2 is 2.18 bits per heavy atom. The standard InChI is InChI=1S/C12H17NO2S2/c1-8-11(12(14)15)17-10(13-8)7-16-9-5-3-2-4-6-9/h9H,2-7H2,1H3,(H,14,15). The largest absolute Gasteiger partial charge is 0.477 e. The SMILES string of the molecule is Cc1nc(CSC2CCCCC2)sc1C(=O)O. The van der Waals surface area contributed by atoms with Crippen LogP contribution in [0.15, 0.2) is 0 Å². The van der Waals surface area contributed by atoms with Gasteiger partial charge in [0.25, 0.3) is 0 Å². The number of carboxylic acid groups (broad SMARTS) is 1. The van der Waals surface area contributed by atoms with Crippen molar-refractivity contribution in [3.63, 3.8) is 0 Å². The molecule has 3 nitrogen and oxygen atoms in total. The zero-order valence-corrected chi connectivity index (χ0v) is 11.6. The molecular formula is C12H17NO2S2. The summed E-state index contributed by atoms with van der Waals surface area (Å²) in [6, 6.07) is 0. The van der Waals surface area contributed by atoms with Gasteiger partial charge in [-0.3, -0.25) is 0 Å². The molecule has 0 atom stereocenters. The van der Waals surface area contributed by atoms with Gasteiger partial charge < -0.3 is 5.11 Å². The molecule has 0 spiro atoms. The van der Waals surface area contributed by atoms with E-state index in [1.807, 2.05) is 11.8 Å². The first-order valence-corrected chi connectivity index (χ1v) is 7.84. The molecule has 94 valence electrons. The lowest BCUT2D eigenvalue weighted by atomic mass is 10.0. The van der Waals surface area contributed by atoms with Crippen LogP contribution in [0.5, 0.6) is 0 Å². The molecule has 2 rings (SSSR count). The first kappa shape index (κ1) is 12.9. The highest BCUT2D eigenvalue weighted by Crippen LogP contribution is 2.31. The lowest BCUT2D eigenvalue weighted by Gasteiger charge is -2.20. The van der Waals surface area contributed by atoms with Crippen molar-refractivity contribution in [2.45, 2.75) is 50.0 Å². The van der Waals surface area contributed by atoms with E-state index in [2.05, 4.69) is 4.98 Å². The number of carboxylic acids is 1. The van der Waals surface area contributed by atoms with Crippen LogP contribution in [0.2, 0.25) is 0 Å². The summed E-state index contributed by atoms with van der Waals surface area (Å²) in [6.07, 6.45) is 6.67. The highest BCUT2D eigenvalue weighted by Gasteiger charge is 2.17. The molecule has 0 aromatic carbocycles. The number of aromatic nitrogens is 1. The molecule has 17 heavy (non-hydrogen) atoms. The summed E-state index contributed by atoms with van der Waals surface area (Å²) in [6.45, 7) is 1.77. The van der Waals surface area contributed by atoms with Gasteiger partial charge in [0.05, 0.1) is 5.69 Å². The van der Waals surface area contributed by atoms with E-state index >= 15 is 0 Å². The van der Waals surface area contributed by atoms with Crippen LogP contribution >= 0.6 is 23.1 Å². The maximum Gasteiger partial charge on any atom is 0.347 e. The molecule has 1 aliphatic carbocycles. The molecule has 0 aliphatic heterocycles. The molecule has 1 aromatic rings. The molecule has 1 N–H and O–H groups in total. The van der Waals surface area contributed by atoms with Crippen molar-refractivity contribution in [3.05, 3.63) is 15.6 Å². The molecule has 0 unspecified atom stereocenters. The minimum atomic E-state index is -0.853. The van der Waals surface area contributed by atoms with Crippen LogP contribution in [0.25, 0.3) is 0 Å². The van der Waals surface area contributed by atoms with Crippen molar-refractivity contribution >= 4 is 29.1 Å². The zero-order chi connectivity index (χ0) is 12.3. The molecule has 1 aliphatic rings. The second-order valence-electron chi connectivity index (χ2n) is 4.40. The average Bonchev–Trinajstić information content (AvgIpc) is 2.69. The smallest absolute Gasteiger partial charge is 0.347 e. The number of aromatic carboxylic acids is 1. The Labute approximate surface area is 110 Å². The minimum absolute atomic E-state index is 0.393. The molecular weight excluding hydrogens is 254 g/mol. The fourth-order valence-corrected chi connectivity index (χ4v) is 4.38. The molecule has 1 fully saturated rings. The highest BCUT2D eigenvalue weighted by molar-refractivity contribution is 7.99. The fraction of sp³-hybridized carbons (Fsp3) is 0.667. The van der Waals surface area contributed by atoms with Crippen molar-refractivity contribution < 1.29 is 9.90 Å². The Morgan fingerprint density at radius 1 is 1.47 bits per heavy atom. The van der Waals surface area contributed by atoms with Crippen LogP contribution in [-0.2, 0) is 5.75 Å². The highest BCUT2D eigenvalue weighted by atomic mass is 32.2. The summed E-state index contributed by atoms with van der Waals surface area (Å²) in [7, 11) is 0. The van der Waals surface area contributed by atoms with Gasteiger partial charge >= 0.3 is 5.97 Å². The van der Waals surface area contributed by atoms with Gasteiger partial charge in [0.1, 0.15) is 9.88 Å². The number of carbonyl (C=O) groups is 1. The molecule has 0 amide bonds. The number of aryl methyl sites for hydroxylation is 1. The lowest BCUT2D eigenvalue weighted by Crippen LogP contribution is -2.08. The van der Waals surface area contributed by atoms with E-state index < -0.39 is 5.97 Å². The maximum atomic E-state index is 10.9. The van der Waals surface area contributed by atoms with Crippen LogP contribution in [0.3, 0.4) is 0 Å². The van der Waals surface area contributed by atoms with Gasteiger partial charge in [-0.25, -0.2) is 9.78 Å². The van der Waals surface area contributed by atoms with E-state index in [1.54, 1.807) is 6.92 Å². The summed E-state index contributed by atoms with van der Waals surface area (Å²) in [5.41, 5.74) is 0.654. The van der Waals surface area contributed by atoms with Crippen molar-refractivity contribution in [2.24, 2.45) is 0 Å².